The molecule has 21 heavy (non-hydrogen) atoms. The molecule has 1 aromatic heterocycles. The highest BCUT2D eigenvalue weighted by Crippen LogP contribution is 2.09. The molecule has 3 N–H and O–H groups in total. The summed E-state index contributed by atoms with van der Waals surface area (Å²) in [5.74, 6) is -1.20. The van der Waals surface area contributed by atoms with Crippen LogP contribution in [0.2, 0.25) is 0 Å². The van der Waals surface area contributed by atoms with Crippen LogP contribution in [0.3, 0.4) is 0 Å². The van der Waals surface area contributed by atoms with Gasteiger partial charge in [-0.1, -0.05) is 20.3 Å². The second-order valence-electron chi connectivity index (χ2n) is 4.78. The number of urea groups is 1. The molecule has 2 atom stereocenters. The highest BCUT2D eigenvalue weighted by Gasteiger charge is 2.25. The van der Waals surface area contributed by atoms with E-state index >= 15 is 0 Å². The number of carbonyl (C=O) groups is 2. The average molecular weight is 298 g/mol. The molecule has 0 bridgehead atoms. The predicted octanol–water partition coefficient (Wildman–Crippen LogP) is 1.15. The Kier molecular flexibility index (Phi) is 6.67. The number of hydrogen-bond donors (Lipinski definition) is 3. The van der Waals surface area contributed by atoms with E-state index < -0.39 is 18.0 Å². The minimum Gasteiger partial charge on any atom is -0.480 e. The Morgan fingerprint density at radius 3 is 2.81 bits per heavy atom. The van der Waals surface area contributed by atoms with Crippen LogP contribution >= 0.6 is 0 Å². The van der Waals surface area contributed by atoms with Crippen molar-refractivity contribution in [2.24, 2.45) is 5.92 Å². The molecule has 1 rings (SSSR count). The maximum Gasteiger partial charge on any atom is 0.326 e. The second-order valence-corrected chi connectivity index (χ2v) is 4.78. The Hall–Kier alpha value is -2.09. The lowest BCUT2D eigenvalue weighted by molar-refractivity contribution is -0.140. The van der Waals surface area contributed by atoms with Crippen LogP contribution in [0.1, 0.15) is 20.3 Å². The lowest BCUT2D eigenvalue weighted by atomic mass is 9.99. The standard InChI is InChI=1S/C13H22N4O4/c1-4-9(2)11(12(18)19)16-13(20)15-10-7-14-17(8-10)5-6-21-3/h7-9,11H,4-6H2,1-3H3,(H,18,19)(H2,15,16,20)/t9-,11-/m0/s1. The molecule has 0 radical (unpaired) electrons. The van der Waals surface area contributed by atoms with Crippen molar-refractivity contribution in [3.8, 4) is 0 Å². The molecular weight excluding hydrogens is 276 g/mol. The molecule has 0 fully saturated rings. The summed E-state index contributed by atoms with van der Waals surface area (Å²) in [6.45, 7) is 4.74. The number of rotatable bonds is 8. The van der Waals surface area contributed by atoms with E-state index in [1.807, 2.05) is 6.92 Å². The maximum absolute atomic E-state index is 11.8. The number of carboxylic acids is 1. The Labute approximate surface area is 123 Å². The molecule has 0 saturated heterocycles. The first-order valence-corrected chi connectivity index (χ1v) is 6.79. The molecule has 0 saturated carbocycles. The summed E-state index contributed by atoms with van der Waals surface area (Å²) in [6, 6.07) is -1.48. The van der Waals surface area contributed by atoms with Gasteiger partial charge < -0.3 is 20.5 Å². The van der Waals surface area contributed by atoms with Crippen molar-refractivity contribution >= 4 is 17.7 Å². The third kappa shape index (κ3) is 5.42. The fraction of sp³-hybridized carbons (Fsp3) is 0.615. The average Bonchev–Trinajstić information content (AvgIpc) is 2.88. The summed E-state index contributed by atoms with van der Waals surface area (Å²) in [5.41, 5.74) is 0.497. The van der Waals surface area contributed by atoms with Crippen LogP contribution in [0.4, 0.5) is 10.5 Å². The summed E-state index contributed by atoms with van der Waals surface area (Å²) in [6.07, 6.45) is 3.80. The van der Waals surface area contributed by atoms with Crippen molar-refractivity contribution in [3.63, 3.8) is 0 Å². The van der Waals surface area contributed by atoms with Crippen molar-refractivity contribution in [1.29, 1.82) is 0 Å². The second kappa shape index (κ2) is 8.25. The van der Waals surface area contributed by atoms with Crippen LogP contribution in [-0.2, 0) is 16.1 Å². The highest BCUT2D eigenvalue weighted by atomic mass is 16.5. The molecule has 118 valence electrons. The number of ether oxygens (including phenoxy) is 1. The number of anilines is 1. The molecule has 0 aliphatic rings. The Morgan fingerprint density at radius 1 is 1.52 bits per heavy atom. The van der Waals surface area contributed by atoms with Gasteiger partial charge in [0.25, 0.3) is 0 Å². The molecule has 0 spiro atoms. The Bertz CT molecular complexity index is 474. The summed E-state index contributed by atoms with van der Waals surface area (Å²) in [5, 5.41) is 18.2. The van der Waals surface area contributed by atoms with Crippen LogP contribution < -0.4 is 10.6 Å². The minimum atomic E-state index is -1.05. The first-order chi connectivity index (χ1) is 9.97. The van der Waals surface area contributed by atoms with Gasteiger partial charge >= 0.3 is 12.0 Å². The van der Waals surface area contributed by atoms with Crippen molar-refractivity contribution in [3.05, 3.63) is 12.4 Å². The quantitative estimate of drug-likeness (QED) is 0.667. The number of methoxy groups -OCH3 is 1. The van der Waals surface area contributed by atoms with Gasteiger partial charge in [0, 0.05) is 13.3 Å². The molecule has 1 aromatic rings. The van der Waals surface area contributed by atoms with Crippen molar-refractivity contribution < 1.29 is 19.4 Å². The molecule has 0 unspecified atom stereocenters. The van der Waals surface area contributed by atoms with Gasteiger partial charge in [-0.05, 0) is 5.92 Å². The predicted molar refractivity (Wildman–Crippen MR) is 77.1 cm³/mol. The first kappa shape index (κ1) is 17.0. The van der Waals surface area contributed by atoms with Crippen LogP contribution in [-0.4, -0.2) is 46.6 Å². The Morgan fingerprint density at radius 2 is 2.24 bits per heavy atom. The van der Waals surface area contributed by atoms with Gasteiger partial charge in [0.1, 0.15) is 6.04 Å². The lowest BCUT2D eigenvalue weighted by Crippen LogP contribution is -2.46. The summed E-state index contributed by atoms with van der Waals surface area (Å²) < 4.78 is 6.56. The van der Waals surface area contributed by atoms with Crippen LogP contribution in [0.15, 0.2) is 12.4 Å². The largest absolute Gasteiger partial charge is 0.480 e. The molecule has 1 heterocycles. The maximum atomic E-state index is 11.8. The van der Waals surface area contributed by atoms with E-state index in [2.05, 4.69) is 15.7 Å². The summed E-state index contributed by atoms with van der Waals surface area (Å²) >= 11 is 0. The minimum absolute atomic E-state index is 0.155. The van der Waals surface area contributed by atoms with Gasteiger partial charge in [-0.25, -0.2) is 9.59 Å². The zero-order valence-corrected chi connectivity index (χ0v) is 12.5. The van der Waals surface area contributed by atoms with Gasteiger partial charge in [0.2, 0.25) is 0 Å². The molecular formula is C13H22N4O4. The van der Waals surface area contributed by atoms with E-state index in [1.54, 1.807) is 24.9 Å². The van der Waals surface area contributed by atoms with Crippen molar-refractivity contribution in [2.45, 2.75) is 32.9 Å². The van der Waals surface area contributed by atoms with Crippen LogP contribution in [0.25, 0.3) is 0 Å². The number of hydrogen-bond acceptors (Lipinski definition) is 4. The molecule has 0 aromatic carbocycles. The zero-order chi connectivity index (χ0) is 15.8. The zero-order valence-electron chi connectivity index (χ0n) is 12.5. The molecule has 2 amide bonds. The topological polar surface area (TPSA) is 105 Å². The third-order valence-electron chi connectivity index (χ3n) is 3.18. The SMILES string of the molecule is CC[C@H](C)[C@H](NC(=O)Nc1cnn(CCOC)c1)C(=O)O. The molecule has 0 aliphatic carbocycles. The van der Waals surface area contributed by atoms with E-state index in [1.165, 1.54) is 6.20 Å². The first-order valence-electron chi connectivity index (χ1n) is 6.79. The van der Waals surface area contributed by atoms with E-state index in [0.29, 0.717) is 25.3 Å². The number of amides is 2. The Balaban J connectivity index is 2.55. The molecule has 8 heteroatoms. The number of nitrogens with zero attached hydrogens (tertiary/aromatic N) is 2. The fourth-order valence-corrected chi connectivity index (χ4v) is 1.73. The van der Waals surface area contributed by atoms with E-state index in [-0.39, 0.29) is 5.92 Å². The third-order valence-corrected chi connectivity index (χ3v) is 3.18. The van der Waals surface area contributed by atoms with Gasteiger partial charge in [-0.15, -0.1) is 0 Å². The highest BCUT2D eigenvalue weighted by molar-refractivity contribution is 5.92. The lowest BCUT2D eigenvalue weighted by Gasteiger charge is -2.20. The number of aliphatic carboxylic acids is 1. The van der Waals surface area contributed by atoms with Gasteiger partial charge in [0.05, 0.1) is 25.0 Å². The van der Waals surface area contributed by atoms with Crippen LogP contribution in [0, 0.1) is 5.92 Å². The van der Waals surface area contributed by atoms with Gasteiger partial charge in [-0.2, -0.15) is 5.10 Å². The van der Waals surface area contributed by atoms with E-state index in [0.717, 1.165) is 0 Å². The molecule has 0 aliphatic heterocycles. The van der Waals surface area contributed by atoms with E-state index in [9.17, 15) is 9.59 Å². The monoisotopic (exact) mass is 298 g/mol. The van der Waals surface area contributed by atoms with Crippen molar-refractivity contribution in [2.75, 3.05) is 19.0 Å². The van der Waals surface area contributed by atoms with Crippen LogP contribution in [0.5, 0.6) is 0 Å². The smallest absolute Gasteiger partial charge is 0.326 e. The summed E-state index contributed by atoms with van der Waals surface area (Å²) in [7, 11) is 1.59. The van der Waals surface area contributed by atoms with Gasteiger partial charge in [-0.3, -0.25) is 4.68 Å². The number of nitrogens with one attached hydrogen (secondary N) is 2. The normalized spacial score (nSPS) is 13.5. The number of aromatic nitrogens is 2. The van der Waals surface area contributed by atoms with Gasteiger partial charge in [0.15, 0.2) is 0 Å². The van der Waals surface area contributed by atoms with Crippen molar-refractivity contribution in [1.82, 2.24) is 15.1 Å². The van der Waals surface area contributed by atoms with E-state index in [4.69, 9.17) is 9.84 Å². The molecule has 8 nitrogen and oxygen atoms in total. The summed E-state index contributed by atoms with van der Waals surface area (Å²) in [4.78, 5) is 23.0. The fourth-order valence-electron chi connectivity index (χ4n) is 1.73. The number of carbonyl (C=O) groups excluding carboxylic acids is 1. The number of carboxylic acid groups (broad SMARTS) is 1.